The predicted molar refractivity (Wildman–Crippen MR) is 130 cm³/mol. The van der Waals surface area contributed by atoms with Gasteiger partial charge in [0.15, 0.2) is 5.79 Å². The molecule has 0 saturated carbocycles. The number of piperidine rings is 1. The fraction of sp³-hybridized carbons (Fsp3) is 0.429. The minimum atomic E-state index is -0.727. The molecule has 5 rings (SSSR count). The zero-order chi connectivity index (χ0) is 22.8. The number of amides is 1. The largest absolute Gasteiger partial charge is 0.346 e. The SMILES string of the molecule is CC(C)C(=O)N1CCC(C2(c3ccc(-c4ccc5cccnc5c4)cc3)OCCCO2)CC1. The van der Waals surface area contributed by atoms with Gasteiger partial charge in [-0.3, -0.25) is 9.78 Å². The lowest BCUT2D eigenvalue weighted by atomic mass is 9.82. The first-order chi connectivity index (χ1) is 16.1. The Hall–Kier alpha value is -2.76. The smallest absolute Gasteiger partial charge is 0.225 e. The molecule has 1 aromatic heterocycles. The second-order valence-electron chi connectivity index (χ2n) is 9.46. The molecule has 0 bridgehead atoms. The van der Waals surface area contributed by atoms with Crippen molar-refractivity contribution >= 4 is 16.8 Å². The Morgan fingerprint density at radius 1 is 1.00 bits per heavy atom. The number of hydrogen-bond donors (Lipinski definition) is 0. The highest BCUT2D eigenvalue weighted by atomic mass is 16.7. The van der Waals surface area contributed by atoms with Crippen LogP contribution in [0.2, 0.25) is 0 Å². The van der Waals surface area contributed by atoms with E-state index < -0.39 is 5.79 Å². The molecular weight excluding hydrogens is 412 g/mol. The quantitative estimate of drug-likeness (QED) is 0.542. The fourth-order valence-electron chi connectivity index (χ4n) is 5.17. The van der Waals surface area contributed by atoms with Crippen LogP contribution in [0, 0.1) is 11.8 Å². The summed E-state index contributed by atoms with van der Waals surface area (Å²) in [6, 6.07) is 19.0. The van der Waals surface area contributed by atoms with Gasteiger partial charge in [0.05, 0.1) is 18.7 Å². The summed E-state index contributed by atoms with van der Waals surface area (Å²) in [7, 11) is 0. The summed E-state index contributed by atoms with van der Waals surface area (Å²) in [5.74, 6) is -0.225. The van der Waals surface area contributed by atoms with Gasteiger partial charge in [0, 0.05) is 42.1 Å². The minimum absolute atomic E-state index is 0.0375. The molecule has 1 amide bonds. The van der Waals surface area contributed by atoms with E-state index in [1.165, 1.54) is 0 Å². The first kappa shape index (κ1) is 22.1. The van der Waals surface area contributed by atoms with Crippen LogP contribution >= 0.6 is 0 Å². The van der Waals surface area contributed by atoms with Crippen LogP contribution in [0.5, 0.6) is 0 Å². The van der Waals surface area contributed by atoms with Crippen LogP contribution in [-0.2, 0) is 20.1 Å². The van der Waals surface area contributed by atoms with Gasteiger partial charge >= 0.3 is 0 Å². The Bertz CT molecular complexity index is 1110. The number of carbonyl (C=O) groups is 1. The molecule has 172 valence electrons. The number of fused-ring (bicyclic) bond motifs is 1. The van der Waals surface area contributed by atoms with Gasteiger partial charge in [-0.05, 0) is 42.5 Å². The normalized spacial score (nSPS) is 19.2. The summed E-state index contributed by atoms with van der Waals surface area (Å²) in [5, 5.41) is 1.14. The maximum absolute atomic E-state index is 12.4. The molecule has 0 N–H and O–H groups in total. The number of hydrogen-bond acceptors (Lipinski definition) is 4. The average molecular weight is 445 g/mol. The van der Waals surface area contributed by atoms with Crippen LogP contribution in [0.1, 0.15) is 38.7 Å². The van der Waals surface area contributed by atoms with Crippen molar-refractivity contribution in [1.82, 2.24) is 9.88 Å². The van der Waals surface area contributed by atoms with Crippen molar-refractivity contribution in [2.75, 3.05) is 26.3 Å². The van der Waals surface area contributed by atoms with Crippen LogP contribution in [0.25, 0.3) is 22.0 Å². The lowest BCUT2D eigenvalue weighted by molar-refractivity contribution is -0.309. The highest BCUT2D eigenvalue weighted by molar-refractivity contribution is 5.84. The van der Waals surface area contributed by atoms with Crippen molar-refractivity contribution in [3.63, 3.8) is 0 Å². The molecule has 2 aliphatic rings. The van der Waals surface area contributed by atoms with Gasteiger partial charge in [0.25, 0.3) is 0 Å². The number of ether oxygens (including phenoxy) is 2. The van der Waals surface area contributed by atoms with E-state index in [9.17, 15) is 4.79 Å². The molecule has 5 nitrogen and oxygen atoms in total. The molecule has 0 unspecified atom stereocenters. The second-order valence-corrected chi connectivity index (χ2v) is 9.46. The first-order valence-electron chi connectivity index (χ1n) is 12.1. The zero-order valence-electron chi connectivity index (χ0n) is 19.5. The van der Waals surface area contributed by atoms with Gasteiger partial charge < -0.3 is 14.4 Å². The molecule has 3 aromatic rings. The number of likely N-dealkylation sites (tertiary alicyclic amines) is 1. The molecule has 2 aliphatic heterocycles. The maximum Gasteiger partial charge on any atom is 0.225 e. The van der Waals surface area contributed by atoms with Crippen LogP contribution in [-0.4, -0.2) is 42.1 Å². The Morgan fingerprint density at radius 3 is 2.39 bits per heavy atom. The van der Waals surface area contributed by atoms with Gasteiger partial charge in [-0.15, -0.1) is 0 Å². The van der Waals surface area contributed by atoms with Crippen LogP contribution in [0.15, 0.2) is 60.8 Å². The molecule has 2 fully saturated rings. The van der Waals surface area contributed by atoms with Crippen molar-refractivity contribution in [2.24, 2.45) is 11.8 Å². The van der Waals surface area contributed by atoms with E-state index in [1.54, 1.807) is 0 Å². The second kappa shape index (κ2) is 9.24. The Kier molecular flexibility index (Phi) is 6.17. The van der Waals surface area contributed by atoms with E-state index in [4.69, 9.17) is 9.47 Å². The highest BCUT2D eigenvalue weighted by Crippen LogP contribution is 2.43. The molecule has 0 radical (unpaired) electrons. The van der Waals surface area contributed by atoms with E-state index in [-0.39, 0.29) is 17.7 Å². The van der Waals surface area contributed by atoms with Crippen molar-refractivity contribution < 1.29 is 14.3 Å². The maximum atomic E-state index is 12.4. The summed E-state index contributed by atoms with van der Waals surface area (Å²) in [6.45, 7) is 6.86. The van der Waals surface area contributed by atoms with Crippen molar-refractivity contribution in [3.05, 3.63) is 66.4 Å². The molecule has 33 heavy (non-hydrogen) atoms. The summed E-state index contributed by atoms with van der Waals surface area (Å²) >= 11 is 0. The molecule has 0 spiro atoms. The van der Waals surface area contributed by atoms with Crippen molar-refractivity contribution in [3.8, 4) is 11.1 Å². The Morgan fingerprint density at radius 2 is 1.70 bits per heavy atom. The lowest BCUT2D eigenvalue weighted by Crippen LogP contribution is -2.50. The molecule has 2 aromatic carbocycles. The van der Waals surface area contributed by atoms with E-state index >= 15 is 0 Å². The van der Waals surface area contributed by atoms with Gasteiger partial charge in [-0.25, -0.2) is 0 Å². The summed E-state index contributed by atoms with van der Waals surface area (Å²) in [4.78, 5) is 18.9. The molecule has 2 saturated heterocycles. The summed E-state index contributed by atoms with van der Waals surface area (Å²) < 4.78 is 12.8. The third kappa shape index (κ3) is 4.28. The fourth-order valence-corrected chi connectivity index (χ4v) is 5.17. The number of aromatic nitrogens is 1. The Balaban J connectivity index is 1.39. The molecule has 5 heteroatoms. The van der Waals surface area contributed by atoms with Crippen molar-refractivity contribution in [2.45, 2.75) is 38.9 Å². The Labute approximate surface area is 195 Å². The van der Waals surface area contributed by atoms with Crippen LogP contribution < -0.4 is 0 Å². The number of carbonyl (C=O) groups excluding carboxylic acids is 1. The number of benzene rings is 2. The van der Waals surface area contributed by atoms with Crippen molar-refractivity contribution in [1.29, 1.82) is 0 Å². The van der Waals surface area contributed by atoms with Crippen LogP contribution in [0.4, 0.5) is 0 Å². The molecule has 3 heterocycles. The van der Waals surface area contributed by atoms with E-state index in [1.807, 2.05) is 31.0 Å². The highest BCUT2D eigenvalue weighted by Gasteiger charge is 2.46. The topological polar surface area (TPSA) is 51.7 Å². The van der Waals surface area contributed by atoms with Gasteiger partial charge in [0.2, 0.25) is 5.91 Å². The number of nitrogens with zero attached hydrogens (tertiary/aromatic N) is 2. The van der Waals surface area contributed by atoms with Gasteiger partial charge in [0.1, 0.15) is 0 Å². The minimum Gasteiger partial charge on any atom is -0.346 e. The van der Waals surface area contributed by atoms with E-state index in [0.717, 1.165) is 59.9 Å². The predicted octanol–water partition coefficient (Wildman–Crippen LogP) is 5.39. The van der Waals surface area contributed by atoms with Gasteiger partial charge in [-0.2, -0.15) is 0 Å². The monoisotopic (exact) mass is 444 g/mol. The first-order valence-corrected chi connectivity index (χ1v) is 12.1. The number of rotatable bonds is 4. The molecular formula is C28H32N2O3. The summed E-state index contributed by atoms with van der Waals surface area (Å²) in [6.07, 6.45) is 4.51. The number of pyridine rings is 1. The van der Waals surface area contributed by atoms with E-state index in [2.05, 4.69) is 53.5 Å². The average Bonchev–Trinajstić information content (AvgIpc) is 2.88. The standard InChI is InChI=1S/C28H32N2O3/c1-20(2)27(31)30-15-12-25(13-16-30)28(32-17-4-18-33-28)24-10-8-21(9-11-24)23-7-6-22-5-3-14-29-26(22)19-23/h3,5-11,14,19-20,25H,4,12-13,15-18H2,1-2H3. The van der Waals surface area contributed by atoms with E-state index in [0.29, 0.717) is 13.2 Å². The lowest BCUT2D eigenvalue weighted by Gasteiger charge is -2.46. The third-order valence-corrected chi connectivity index (χ3v) is 6.99. The molecule has 0 atom stereocenters. The zero-order valence-corrected chi connectivity index (χ0v) is 19.5. The third-order valence-electron chi connectivity index (χ3n) is 6.99. The summed E-state index contributed by atoms with van der Waals surface area (Å²) in [5.41, 5.74) is 4.36. The van der Waals surface area contributed by atoms with Crippen LogP contribution in [0.3, 0.4) is 0 Å². The van der Waals surface area contributed by atoms with Gasteiger partial charge in [-0.1, -0.05) is 56.3 Å². The molecule has 0 aliphatic carbocycles.